The fourth-order valence-electron chi connectivity index (χ4n) is 0.638. The molecule has 1 rings (SSSR count). The third kappa shape index (κ3) is 2.24. The Morgan fingerprint density at radius 3 is 2.82 bits per heavy atom. The van der Waals surface area contributed by atoms with Crippen LogP contribution in [0.25, 0.3) is 0 Å². The molecule has 58 valence electrons. The topological polar surface area (TPSA) is 24.9 Å². The SMILES string of the molecule is CNC(=S)c1ccc(Br)cn1. The zero-order valence-corrected chi connectivity index (χ0v) is 8.37. The molecule has 0 amide bonds. The van der Waals surface area contributed by atoms with Crippen LogP contribution in [-0.2, 0) is 0 Å². The molecule has 11 heavy (non-hydrogen) atoms. The standard InChI is InChI=1S/C7H7BrN2S/c1-9-7(11)6-3-2-5(8)4-10-6/h2-4H,1H3,(H,9,11). The van der Waals surface area contributed by atoms with Crippen LogP contribution < -0.4 is 5.32 Å². The number of halogens is 1. The zero-order chi connectivity index (χ0) is 8.27. The first-order valence-corrected chi connectivity index (χ1v) is 4.28. The van der Waals surface area contributed by atoms with E-state index in [1.54, 1.807) is 13.2 Å². The van der Waals surface area contributed by atoms with Crippen LogP contribution in [-0.4, -0.2) is 17.0 Å². The molecular formula is C7H7BrN2S. The lowest BCUT2D eigenvalue weighted by Gasteiger charge is -2.00. The third-order valence-electron chi connectivity index (χ3n) is 1.19. The Morgan fingerprint density at radius 2 is 2.36 bits per heavy atom. The molecule has 0 aliphatic rings. The van der Waals surface area contributed by atoms with Gasteiger partial charge in [0.15, 0.2) is 0 Å². The third-order valence-corrected chi connectivity index (χ3v) is 2.07. The van der Waals surface area contributed by atoms with Crippen LogP contribution in [0.5, 0.6) is 0 Å². The summed E-state index contributed by atoms with van der Waals surface area (Å²) in [4.78, 5) is 4.76. The number of rotatable bonds is 1. The van der Waals surface area contributed by atoms with Gasteiger partial charge in [0.2, 0.25) is 0 Å². The van der Waals surface area contributed by atoms with Crippen LogP contribution in [0, 0.1) is 0 Å². The van der Waals surface area contributed by atoms with E-state index in [-0.39, 0.29) is 0 Å². The van der Waals surface area contributed by atoms with Gasteiger partial charge in [0, 0.05) is 17.7 Å². The minimum atomic E-state index is 0.664. The molecule has 0 fully saturated rings. The average molecular weight is 231 g/mol. The van der Waals surface area contributed by atoms with Crippen molar-refractivity contribution in [2.75, 3.05) is 7.05 Å². The van der Waals surface area contributed by atoms with Gasteiger partial charge in [-0.15, -0.1) is 0 Å². The molecule has 0 aliphatic heterocycles. The number of hydrogen-bond acceptors (Lipinski definition) is 2. The largest absolute Gasteiger partial charge is 0.378 e. The summed E-state index contributed by atoms with van der Waals surface area (Å²) in [6.45, 7) is 0. The van der Waals surface area contributed by atoms with Crippen molar-refractivity contribution in [1.82, 2.24) is 10.3 Å². The van der Waals surface area contributed by atoms with Crippen molar-refractivity contribution >= 4 is 33.1 Å². The quantitative estimate of drug-likeness (QED) is 0.745. The van der Waals surface area contributed by atoms with Crippen molar-refractivity contribution < 1.29 is 0 Å². The predicted octanol–water partition coefficient (Wildman–Crippen LogP) is 1.74. The number of nitrogens with zero attached hydrogens (tertiary/aromatic N) is 1. The highest BCUT2D eigenvalue weighted by Gasteiger charge is 1.97. The molecule has 0 radical (unpaired) electrons. The van der Waals surface area contributed by atoms with Crippen molar-refractivity contribution in [3.05, 3.63) is 28.5 Å². The first-order chi connectivity index (χ1) is 5.24. The number of hydrogen-bond donors (Lipinski definition) is 1. The Kier molecular flexibility index (Phi) is 2.96. The van der Waals surface area contributed by atoms with Gasteiger partial charge in [0.1, 0.15) is 4.99 Å². The number of aromatic nitrogens is 1. The van der Waals surface area contributed by atoms with Crippen LogP contribution in [0.1, 0.15) is 5.69 Å². The van der Waals surface area contributed by atoms with Crippen LogP contribution in [0.4, 0.5) is 0 Å². The monoisotopic (exact) mass is 230 g/mol. The minimum absolute atomic E-state index is 0.664. The van der Waals surface area contributed by atoms with E-state index in [9.17, 15) is 0 Å². The lowest BCUT2D eigenvalue weighted by atomic mass is 10.3. The van der Waals surface area contributed by atoms with Gasteiger partial charge < -0.3 is 5.32 Å². The van der Waals surface area contributed by atoms with Crippen LogP contribution in [0.15, 0.2) is 22.8 Å². The summed E-state index contributed by atoms with van der Waals surface area (Å²) in [5.41, 5.74) is 0.797. The molecule has 1 heterocycles. The van der Waals surface area contributed by atoms with Gasteiger partial charge in [-0.25, -0.2) is 0 Å². The molecule has 0 unspecified atom stereocenters. The van der Waals surface area contributed by atoms with Crippen LogP contribution >= 0.6 is 28.1 Å². The summed E-state index contributed by atoms with van der Waals surface area (Å²) in [5, 5.41) is 2.85. The smallest absolute Gasteiger partial charge is 0.125 e. The van der Waals surface area contributed by atoms with E-state index in [1.165, 1.54) is 0 Å². The van der Waals surface area contributed by atoms with E-state index in [0.717, 1.165) is 10.2 Å². The molecule has 0 spiro atoms. The maximum absolute atomic E-state index is 4.98. The van der Waals surface area contributed by atoms with E-state index in [4.69, 9.17) is 12.2 Å². The van der Waals surface area contributed by atoms with E-state index in [1.807, 2.05) is 12.1 Å². The summed E-state index contributed by atoms with van der Waals surface area (Å²) in [7, 11) is 1.78. The van der Waals surface area contributed by atoms with E-state index in [0.29, 0.717) is 4.99 Å². The van der Waals surface area contributed by atoms with E-state index < -0.39 is 0 Å². The van der Waals surface area contributed by atoms with E-state index in [2.05, 4.69) is 26.2 Å². The molecule has 2 nitrogen and oxygen atoms in total. The van der Waals surface area contributed by atoms with Crippen molar-refractivity contribution in [2.24, 2.45) is 0 Å². The Labute approximate surface area is 79.2 Å². The normalized spacial score (nSPS) is 9.27. The van der Waals surface area contributed by atoms with Crippen molar-refractivity contribution in [3.63, 3.8) is 0 Å². The van der Waals surface area contributed by atoms with Gasteiger partial charge >= 0.3 is 0 Å². The van der Waals surface area contributed by atoms with Crippen molar-refractivity contribution in [2.45, 2.75) is 0 Å². The first-order valence-electron chi connectivity index (χ1n) is 3.07. The number of nitrogens with one attached hydrogen (secondary N) is 1. The lowest BCUT2D eigenvalue weighted by Crippen LogP contribution is -2.17. The summed E-state index contributed by atoms with van der Waals surface area (Å²) in [6, 6.07) is 3.77. The van der Waals surface area contributed by atoms with Gasteiger partial charge in [-0.05, 0) is 28.1 Å². The summed E-state index contributed by atoms with van der Waals surface area (Å²) in [6.07, 6.45) is 1.72. The summed E-state index contributed by atoms with van der Waals surface area (Å²) >= 11 is 8.27. The van der Waals surface area contributed by atoms with Crippen molar-refractivity contribution in [1.29, 1.82) is 0 Å². The molecule has 0 aromatic carbocycles. The van der Waals surface area contributed by atoms with Gasteiger partial charge in [-0.1, -0.05) is 12.2 Å². The fraction of sp³-hybridized carbons (Fsp3) is 0.143. The maximum atomic E-state index is 4.98. The highest BCUT2D eigenvalue weighted by molar-refractivity contribution is 9.10. The Bertz CT molecular complexity index is 258. The minimum Gasteiger partial charge on any atom is -0.378 e. The maximum Gasteiger partial charge on any atom is 0.125 e. The number of pyridine rings is 1. The fourth-order valence-corrected chi connectivity index (χ4v) is 0.993. The summed E-state index contributed by atoms with van der Waals surface area (Å²) < 4.78 is 0.958. The molecule has 0 aliphatic carbocycles. The predicted molar refractivity (Wildman–Crippen MR) is 52.7 cm³/mol. The molecule has 1 aromatic rings. The number of thiocarbonyl (C=S) groups is 1. The molecular weight excluding hydrogens is 224 g/mol. The second kappa shape index (κ2) is 3.78. The second-order valence-corrected chi connectivity index (χ2v) is 3.26. The van der Waals surface area contributed by atoms with Gasteiger partial charge in [-0.2, -0.15) is 0 Å². The molecule has 0 atom stereocenters. The molecule has 4 heteroatoms. The highest BCUT2D eigenvalue weighted by atomic mass is 79.9. The van der Waals surface area contributed by atoms with Crippen LogP contribution in [0.2, 0.25) is 0 Å². The van der Waals surface area contributed by atoms with Gasteiger partial charge in [0.05, 0.1) is 5.69 Å². The molecule has 0 saturated carbocycles. The van der Waals surface area contributed by atoms with Crippen molar-refractivity contribution in [3.8, 4) is 0 Å². The van der Waals surface area contributed by atoms with Gasteiger partial charge in [0.25, 0.3) is 0 Å². The Balaban J connectivity index is 2.90. The van der Waals surface area contributed by atoms with Gasteiger partial charge in [-0.3, -0.25) is 4.98 Å². The van der Waals surface area contributed by atoms with Crippen LogP contribution in [0.3, 0.4) is 0 Å². The zero-order valence-electron chi connectivity index (χ0n) is 5.97. The van der Waals surface area contributed by atoms with E-state index >= 15 is 0 Å². The molecule has 1 N–H and O–H groups in total. The average Bonchev–Trinajstić information content (AvgIpc) is 2.05. The molecule has 0 bridgehead atoms. The Hall–Kier alpha value is -0.480. The lowest BCUT2D eigenvalue weighted by molar-refractivity contribution is 1.16. The second-order valence-electron chi connectivity index (χ2n) is 1.94. The summed E-state index contributed by atoms with van der Waals surface area (Å²) in [5.74, 6) is 0. The highest BCUT2D eigenvalue weighted by Crippen LogP contribution is 2.07. The molecule has 0 saturated heterocycles. The Morgan fingerprint density at radius 1 is 1.64 bits per heavy atom. The first kappa shape index (κ1) is 8.62. The molecule has 1 aromatic heterocycles.